The van der Waals surface area contributed by atoms with E-state index in [1.807, 2.05) is 30.1 Å². The summed E-state index contributed by atoms with van der Waals surface area (Å²) >= 11 is 3.74. The predicted octanol–water partition coefficient (Wildman–Crippen LogP) is 2.60. The minimum atomic E-state index is 0.783. The third-order valence-electron chi connectivity index (χ3n) is 2.34. The largest absolute Gasteiger partial charge is 0.315 e. The predicted molar refractivity (Wildman–Crippen MR) is 64.1 cm³/mol. The number of hydrogen-bond acceptors (Lipinski definition) is 4. The molecule has 1 aliphatic rings. The van der Waals surface area contributed by atoms with Gasteiger partial charge in [-0.3, -0.25) is 0 Å². The van der Waals surface area contributed by atoms with Crippen molar-refractivity contribution >= 4 is 23.1 Å². The quantitative estimate of drug-likeness (QED) is 0.838. The molecule has 0 bridgehead atoms. The van der Waals surface area contributed by atoms with E-state index in [9.17, 15) is 0 Å². The summed E-state index contributed by atoms with van der Waals surface area (Å²) in [6, 6.07) is 0. The van der Waals surface area contributed by atoms with Crippen LogP contribution in [0.15, 0.2) is 0 Å². The molecule has 0 atom stereocenters. The van der Waals surface area contributed by atoms with Gasteiger partial charge in [0.05, 0.1) is 5.69 Å². The van der Waals surface area contributed by atoms with Gasteiger partial charge in [0.25, 0.3) is 0 Å². The van der Waals surface area contributed by atoms with Crippen LogP contribution in [0.3, 0.4) is 0 Å². The van der Waals surface area contributed by atoms with E-state index in [2.05, 4.69) is 11.6 Å². The summed E-state index contributed by atoms with van der Waals surface area (Å²) in [5.74, 6) is 1.85. The molecule has 1 heterocycles. The van der Waals surface area contributed by atoms with E-state index in [1.165, 1.54) is 28.4 Å². The normalized spacial score (nSPS) is 16.1. The van der Waals surface area contributed by atoms with Crippen LogP contribution in [0.5, 0.6) is 0 Å². The first kappa shape index (κ1) is 10.5. The molecule has 2 nitrogen and oxygen atoms in total. The smallest absolute Gasteiger partial charge is 0.103 e. The van der Waals surface area contributed by atoms with Gasteiger partial charge in [-0.05, 0) is 26.1 Å². The lowest BCUT2D eigenvalue weighted by molar-refractivity contribution is 0.812. The molecular formula is C10H16N2S2. The SMILES string of the molecule is CNCc1sc(CSC)nc1C1CC1. The Bertz CT molecular complexity index is 305. The molecule has 0 aromatic carbocycles. The molecule has 0 saturated heterocycles. The van der Waals surface area contributed by atoms with E-state index in [1.54, 1.807) is 0 Å². The number of rotatable bonds is 5. The minimum Gasteiger partial charge on any atom is -0.315 e. The third-order valence-corrected chi connectivity index (χ3v) is 4.16. The molecule has 0 spiro atoms. The Kier molecular flexibility index (Phi) is 3.47. The van der Waals surface area contributed by atoms with E-state index in [0.717, 1.165) is 18.2 Å². The second kappa shape index (κ2) is 4.64. The number of hydrogen-bond donors (Lipinski definition) is 1. The fourth-order valence-corrected chi connectivity index (χ4v) is 3.42. The molecule has 1 fully saturated rings. The third kappa shape index (κ3) is 2.30. The van der Waals surface area contributed by atoms with Crippen molar-refractivity contribution < 1.29 is 0 Å². The molecule has 14 heavy (non-hydrogen) atoms. The Morgan fingerprint density at radius 3 is 2.93 bits per heavy atom. The lowest BCUT2D eigenvalue weighted by atomic mass is 10.2. The number of thioether (sulfide) groups is 1. The van der Waals surface area contributed by atoms with Gasteiger partial charge in [0.15, 0.2) is 0 Å². The Hall–Kier alpha value is -0.0600. The first-order valence-corrected chi connectivity index (χ1v) is 7.18. The number of nitrogens with zero attached hydrogens (tertiary/aromatic N) is 1. The van der Waals surface area contributed by atoms with Crippen molar-refractivity contribution in [3.05, 3.63) is 15.6 Å². The second-order valence-electron chi connectivity index (χ2n) is 3.65. The summed E-state index contributed by atoms with van der Waals surface area (Å²) in [4.78, 5) is 6.20. The summed E-state index contributed by atoms with van der Waals surface area (Å²) in [6.07, 6.45) is 4.83. The summed E-state index contributed by atoms with van der Waals surface area (Å²) in [6.45, 7) is 0.984. The zero-order valence-corrected chi connectivity index (χ0v) is 10.3. The highest BCUT2D eigenvalue weighted by Crippen LogP contribution is 2.42. The van der Waals surface area contributed by atoms with Crippen molar-refractivity contribution in [3.8, 4) is 0 Å². The monoisotopic (exact) mass is 228 g/mol. The molecule has 4 heteroatoms. The Morgan fingerprint density at radius 1 is 1.57 bits per heavy atom. The summed E-state index contributed by atoms with van der Waals surface area (Å²) < 4.78 is 0. The van der Waals surface area contributed by atoms with Crippen molar-refractivity contribution in [2.75, 3.05) is 13.3 Å². The van der Waals surface area contributed by atoms with Crippen LogP contribution in [-0.2, 0) is 12.3 Å². The zero-order valence-electron chi connectivity index (χ0n) is 8.67. The Morgan fingerprint density at radius 2 is 2.36 bits per heavy atom. The van der Waals surface area contributed by atoms with E-state index in [0.29, 0.717) is 0 Å². The molecule has 0 radical (unpaired) electrons. The molecular weight excluding hydrogens is 212 g/mol. The molecule has 0 amide bonds. The topological polar surface area (TPSA) is 24.9 Å². The van der Waals surface area contributed by atoms with Crippen LogP contribution in [0.1, 0.15) is 34.3 Å². The van der Waals surface area contributed by atoms with Crippen LogP contribution < -0.4 is 5.32 Å². The fraction of sp³-hybridized carbons (Fsp3) is 0.700. The van der Waals surface area contributed by atoms with Gasteiger partial charge in [0.2, 0.25) is 0 Å². The van der Waals surface area contributed by atoms with Crippen molar-refractivity contribution in [3.63, 3.8) is 0 Å². The van der Waals surface area contributed by atoms with Gasteiger partial charge >= 0.3 is 0 Å². The number of aromatic nitrogens is 1. The number of nitrogens with one attached hydrogen (secondary N) is 1. The molecule has 2 rings (SSSR count). The average Bonchev–Trinajstić information content (AvgIpc) is 2.92. The van der Waals surface area contributed by atoms with E-state index >= 15 is 0 Å². The van der Waals surface area contributed by atoms with Crippen molar-refractivity contribution in [2.45, 2.75) is 31.1 Å². The van der Waals surface area contributed by atoms with Crippen LogP contribution >= 0.6 is 23.1 Å². The Labute approximate surface area is 93.5 Å². The summed E-state index contributed by atoms with van der Waals surface area (Å²) in [5.41, 5.74) is 1.38. The van der Waals surface area contributed by atoms with Crippen LogP contribution in [0.25, 0.3) is 0 Å². The summed E-state index contributed by atoms with van der Waals surface area (Å²) in [5, 5.41) is 4.52. The molecule has 1 aliphatic carbocycles. The standard InChI is InChI=1S/C10H16N2S2/c1-11-5-8-10(7-3-4-7)12-9(14-8)6-13-2/h7,11H,3-6H2,1-2H3. The first-order chi connectivity index (χ1) is 6.85. The van der Waals surface area contributed by atoms with Gasteiger partial charge in [-0.1, -0.05) is 0 Å². The van der Waals surface area contributed by atoms with Gasteiger partial charge in [0, 0.05) is 23.1 Å². The highest BCUT2D eigenvalue weighted by atomic mass is 32.2. The molecule has 78 valence electrons. The minimum absolute atomic E-state index is 0.783. The number of thiazole rings is 1. The lowest BCUT2D eigenvalue weighted by Gasteiger charge is -1.97. The van der Waals surface area contributed by atoms with Gasteiger partial charge in [-0.25, -0.2) is 4.98 Å². The van der Waals surface area contributed by atoms with E-state index in [4.69, 9.17) is 4.98 Å². The van der Waals surface area contributed by atoms with Gasteiger partial charge in [-0.2, -0.15) is 11.8 Å². The highest BCUT2D eigenvalue weighted by molar-refractivity contribution is 7.97. The van der Waals surface area contributed by atoms with Gasteiger partial charge < -0.3 is 5.32 Å². The maximum Gasteiger partial charge on any atom is 0.103 e. The average molecular weight is 228 g/mol. The van der Waals surface area contributed by atoms with Crippen molar-refractivity contribution in [2.24, 2.45) is 0 Å². The van der Waals surface area contributed by atoms with Crippen LogP contribution in [-0.4, -0.2) is 18.3 Å². The molecule has 0 unspecified atom stereocenters. The van der Waals surface area contributed by atoms with Crippen LogP contribution in [0.2, 0.25) is 0 Å². The van der Waals surface area contributed by atoms with Gasteiger partial charge in [0.1, 0.15) is 5.01 Å². The van der Waals surface area contributed by atoms with E-state index < -0.39 is 0 Å². The van der Waals surface area contributed by atoms with Crippen LogP contribution in [0, 0.1) is 0 Å². The second-order valence-corrected chi connectivity index (χ2v) is 5.69. The zero-order chi connectivity index (χ0) is 9.97. The maximum absolute atomic E-state index is 4.74. The van der Waals surface area contributed by atoms with E-state index in [-0.39, 0.29) is 0 Å². The Balaban J connectivity index is 2.16. The van der Waals surface area contributed by atoms with Crippen molar-refractivity contribution in [1.82, 2.24) is 10.3 Å². The highest BCUT2D eigenvalue weighted by Gasteiger charge is 2.29. The van der Waals surface area contributed by atoms with Crippen molar-refractivity contribution in [1.29, 1.82) is 0 Å². The molecule has 0 aliphatic heterocycles. The fourth-order valence-electron chi connectivity index (χ4n) is 1.56. The summed E-state index contributed by atoms with van der Waals surface area (Å²) in [7, 11) is 2.00. The van der Waals surface area contributed by atoms with Gasteiger partial charge in [-0.15, -0.1) is 11.3 Å². The molecule has 1 N–H and O–H groups in total. The molecule has 1 aromatic heterocycles. The molecule has 1 aromatic rings. The first-order valence-electron chi connectivity index (χ1n) is 4.97. The lowest BCUT2D eigenvalue weighted by Crippen LogP contribution is -2.05. The molecule has 1 saturated carbocycles. The van der Waals surface area contributed by atoms with Crippen LogP contribution in [0.4, 0.5) is 0 Å². The maximum atomic E-state index is 4.74.